The van der Waals surface area contributed by atoms with Crippen molar-refractivity contribution in [3.63, 3.8) is 0 Å². The van der Waals surface area contributed by atoms with Gasteiger partial charge in [-0.3, -0.25) is 0 Å². The number of aryl methyl sites for hydroxylation is 1. The quantitative estimate of drug-likeness (QED) is 0.150. The molecule has 0 saturated carbocycles. The SMILES string of the molecule is Cc1cc(-c2ccc(N(c3ccccc3)c3ccc4c(c3)-c3ccccc3C4c3cccc4ccccc34)c3c2-c2ccccc2C32c3ccccc3-c3ccccc32)ccc1N(c1ccccc1)c1ccccc1. The van der Waals surface area contributed by atoms with Gasteiger partial charge < -0.3 is 9.80 Å². The van der Waals surface area contributed by atoms with Crippen molar-refractivity contribution in [2.45, 2.75) is 18.3 Å². The average molecular weight is 955 g/mol. The molecule has 2 nitrogen and oxygen atoms in total. The van der Waals surface area contributed by atoms with Crippen LogP contribution in [0, 0.1) is 6.92 Å². The summed E-state index contributed by atoms with van der Waals surface area (Å²) in [6.45, 7) is 2.26. The van der Waals surface area contributed by atoms with E-state index < -0.39 is 5.41 Å². The smallest absolute Gasteiger partial charge is 0.0746 e. The van der Waals surface area contributed by atoms with Crippen LogP contribution in [-0.2, 0) is 5.41 Å². The highest BCUT2D eigenvalue weighted by molar-refractivity contribution is 6.05. The molecule has 0 aliphatic heterocycles. The van der Waals surface area contributed by atoms with Crippen LogP contribution in [0.25, 0.3) is 55.3 Å². The second kappa shape index (κ2) is 17.1. The molecule has 0 N–H and O–H groups in total. The van der Waals surface area contributed by atoms with Crippen molar-refractivity contribution in [3.05, 3.63) is 324 Å². The van der Waals surface area contributed by atoms with Gasteiger partial charge in [-0.25, -0.2) is 0 Å². The van der Waals surface area contributed by atoms with Crippen LogP contribution in [0.1, 0.15) is 50.4 Å². The van der Waals surface area contributed by atoms with Gasteiger partial charge in [0.05, 0.1) is 11.1 Å². The number of hydrogen-bond donors (Lipinski definition) is 0. The summed E-state index contributed by atoms with van der Waals surface area (Å²) in [5, 5.41) is 2.57. The Bertz CT molecular complexity index is 4120. The molecule has 0 bridgehead atoms. The van der Waals surface area contributed by atoms with Gasteiger partial charge in [-0.1, -0.05) is 212 Å². The Morgan fingerprint density at radius 2 is 0.813 bits per heavy atom. The molecule has 0 amide bonds. The highest BCUT2D eigenvalue weighted by atomic mass is 15.2. The first-order valence-corrected chi connectivity index (χ1v) is 26.2. The molecular weight excluding hydrogens is 905 g/mol. The van der Waals surface area contributed by atoms with Crippen molar-refractivity contribution in [3.8, 4) is 44.5 Å². The van der Waals surface area contributed by atoms with E-state index in [0.717, 1.165) is 34.1 Å². The molecule has 1 atom stereocenters. The predicted octanol–water partition coefficient (Wildman–Crippen LogP) is 19.3. The van der Waals surface area contributed by atoms with Gasteiger partial charge in [0, 0.05) is 39.9 Å². The summed E-state index contributed by atoms with van der Waals surface area (Å²) in [7, 11) is 0. The lowest BCUT2D eigenvalue weighted by Gasteiger charge is -2.36. The molecule has 3 aliphatic rings. The molecule has 1 unspecified atom stereocenters. The Morgan fingerprint density at radius 1 is 0.320 bits per heavy atom. The van der Waals surface area contributed by atoms with E-state index in [1.54, 1.807) is 0 Å². The molecule has 0 heterocycles. The van der Waals surface area contributed by atoms with Crippen LogP contribution in [0.2, 0.25) is 0 Å². The van der Waals surface area contributed by atoms with Gasteiger partial charge in [0.1, 0.15) is 0 Å². The van der Waals surface area contributed by atoms with E-state index in [-0.39, 0.29) is 5.92 Å². The van der Waals surface area contributed by atoms with E-state index >= 15 is 0 Å². The third kappa shape index (κ3) is 6.39. The minimum atomic E-state index is -0.618. The van der Waals surface area contributed by atoms with Crippen LogP contribution in [0.15, 0.2) is 279 Å². The zero-order valence-corrected chi connectivity index (χ0v) is 41.5. The van der Waals surface area contributed by atoms with Crippen LogP contribution < -0.4 is 9.80 Å². The Balaban J connectivity index is 0.995. The maximum atomic E-state index is 2.56. The molecule has 3 aliphatic carbocycles. The highest BCUT2D eigenvalue weighted by Crippen LogP contribution is 2.67. The number of hydrogen-bond acceptors (Lipinski definition) is 2. The van der Waals surface area contributed by atoms with Gasteiger partial charge in [-0.15, -0.1) is 0 Å². The monoisotopic (exact) mass is 954 g/mol. The lowest BCUT2D eigenvalue weighted by atomic mass is 9.69. The van der Waals surface area contributed by atoms with Crippen molar-refractivity contribution < 1.29 is 0 Å². The van der Waals surface area contributed by atoms with Crippen molar-refractivity contribution >= 4 is 44.9 Å². The van der Waals surface area contributed by atoms with E-state index in [0.29, 0.717) is 0 Å². The Kier molecular flexibility index (Phi) is 9.80. The van der Waals surface area contributed by atoms with E-state index in [2.05, 4.69) is 296 Å². The Morgan fingerprint density at radius 3 is 1.47 bits per heavy atom. The van der Waals surface area contributed by atoms with Crippen LogP contribution in [0.5, 0.6) is 0 Å². The summed E-state index contributed by atoms with van der Waals surface area (Å²) in [6.07, 6.45) is 0. The molecule has 12 aromatic rings. The molecule has 0 saturated heterocycles. The van der Waals surface area contributed by atoms with E-state index in [1.165, 1.54) is 99.8 Å². The number of rotatable bonds is 8. The summed E-state index contributed by atoms with van der Waals surface area (Å²) >= 11 is 0. The maximum absolute atomic E-state index is 2.56. The molecular formula is C73H50N2. The molecule has 2 heteroatoms. The van der Waals surface area contributed by atoms with Crippen LogP contribution in [-0.4, -0.2) is 0 Å². The minimum Gasteiger partial charge on any atom is -0.310 e. The van der Waals surface area contributed by atoms with E-state index in [1.807, 2.05) is 0 Å². The van der Waals surface area contributed by atoms with Crippen LogP contribution in [0.4, 0.5) is 34.1 Å². The largest absolute Gasteiger partial charge is 0.310 e. The van der Waals surface area contributed by atoms with E-state index in [4.69, 9.17) is 0 Å². The number of para-hydroxylation sites is 3. The number of nitrogens with zero attached hydrogens (tertiary/aromatic N) is 2. The zero-order valence-electron chi connectivity index (χ0n) is 41.5. The third-order valence-electron chi connectivity index (χ3n) is 16.4. The fourth-order valence-corrected chi connectivity index (χ4v) is 13.5. The predicted molar refractivity (Wildman–Crippen MR) is 313 cm³/mol. The summed E-state index contributed by atoms with van der Waals surface area (Å²) < 4.78 is 0. The van der Waals surface area contributed by atoms with Gasteiger partial charge in [-0.2, -0.15) is 0 Å². The third-order valence-corrected chi connectivity index (χ3v) is 16.4. The Hall–Kier alpha value is -9.50. The fraction of sp³-hybridized carbons (Fsp3) is 0.0411. The molecule has 75 heavy (non-hydrogen) atoms. The summed E-state index contributed by atoms with van der Waals surface area (Å²) in [5.74, 6) is 0.108. The fourth-order valence-electron chi connectivity index (χ4n) is 13.5. The summed E-state index contributed by atoms with van der Waals surface area (Å²) in [5.41, 5.74) is 26.7. The molecule has 352 valence electrons. The summed E-state index contributed by atoms with van der Waals surface area (Å²) in [6, 6.07) is 104. The van der Waals surface area contributed by atoms with Gasteiger partial charge in [0.15, 0.2) is 0 Å². The van der Waals surface area contributed by atoms with Crippen molar-refractivity contribution in [1.82, 2.24) is 0 Å². The maximum Gasteiger partial charge on any atom is 0.0746 e. The first-order valence-electron chi connectivity index (χ1n) is 26.2. The number of benzene rings is 12. The van der Waals surface area contributed by atoms with Crippen molar-refractivity contribution in [1.29, 1.82) is 0 Å². The number of anilines is 6. The van der Waals surface area contributed by atoms with Crippen LogP contribution in [0.3, 0.4) is 0 Å². The summed E-state index contributed by atoms with van der Waals surface area (Å²) in [4.78, 5) is 4.93. The van der Waals surface area contributed by atoms with Gasteiger partial charge in [-0.05, 0) is 168 Å². The van der Waals surface area contributed by atoms with E-state index in [9.17, 15) is 0 Å². The lowest BCUT2D eigenvalue weighted by Crippen LogP contribution is -2.28. The van der Waals surface area contributed by atoms with Crippen LogP contribution >= 0.6 is 0 Å². The van der Waals surface area contributed by atoms with Gasteiger partial charge >= 0.3 is 0 Å². The molecule has 0 radical (unpaired) electrons. The van der Waals surface area contributed by atoms with Crippen molar-refractivity contribution in [2.24, 2.45) is 0 Å². The zero-order chi connectivity index (χ0) is 49.6. The lowest BCUT2D eigenvalue weighted by molar-refractivity contribution is 0.793. The second-order valence-electron chi connectivity index (χ2n) is 20.3. The normalized spacial score (nSPS) is 13.9. The highest BCUT2D eigenvalue weighted by Gasteiger charge is 2.54. The Labute approximate surface area is 438 Å². The first-order chi connectivity index (χ1) is 37.2. The molecule has 0 fully saturated rings. The minimum absolute atomic E-state index is 0.108. The number of fused-ring (bicyclic) bond motifs is 14. The van der Waals surface area contributed by atoms with Crippen molar-refractivity contribution in [2.75, 3.05) is 9.80 Å². The molecule has 1 spiro atoms. The molecule has 15 rings (SSSR count). The second-order valence-corrected chi connectivity index (χ2v) is 20.3. The molecule has 12 aromatic carbocycles. The topological polar surface area (TPSA) is 6.48 Å². The molecule has 0 aromatic heterocycles. The average Bonchev–Trinajstić information content (AvgIpc) is 4.31. The van der Waals surface area contributed by atoms with Gasteiger partial charge in [0.25, 0.3) is 0 Å². The van der Waals surface area contributed by atoms with Gasteiger partial charge in [0.2, 0.25) is 0 Å². The first kappa shape index (κ1) is 43.1. The standard InChI is InChI=1S/C73H50N2/c1-48-46-50(40-44-68(48)74(51-24-5-2-6-25-51)52-26-7-3-8-27-52)56-43-45-69(72-71(56)63-35-17-20-39-67(63)73(72)65-37-18-15-32-58(65)59-33-16-19-38-66(59)73)75(53-28-9-4-10-29-53)54-41-42-62-64(47-54)57-31-13-14-34-61(57)70(62)60-36-21-23-49-22-11-12-30-55(49)60/h2-47,70H,1H3.